The number of carboxylic acid groups (broad SMARTS) is 1. The number of carbonyl (C=O) groups is 2. The van der Waals surface area contributed by atoms with Crippen LogP contribution in [-0.4, -0.2) is 28.5 Å². The summed E-state index contributed by atoms with van der Waals surface area (Å²) in [5, 5.41) is 11.4. The maximum absolute atomic E-state index is 12.5. The smallest absolute Gasteiger partial charge is 0.443 e. The van der Waals surface area contributed by atoms with Crippen molar-refractivity contribution in [2.45, 2.75) is 12.6 Å². The van der Waals surface area contributed by atoms with Crippen LogP contribution < -0.4 is 5.32 Å². The van der Waals surface area contributed by atoms with E-state index in [2.05, 4.69) is 10.3 Å². The highest BCUT2D eigenvalue weighted by molar-refractivity contribution is 7.09. The zero-order chi connectivity index (χ0) is 17.7. The highest BCUT2D eigenvalue weighted by Gasteiger charge is 2.35. The number of amides is 1. The molecule has 0 spiro atoms. The zero-order valence-electron chi connectivity index (χ0n) is 12.2. The molecule has 0 bridgehead atoms. The number of nitrogens with one attached hydrogen (secondary N) is 1. The van der Waals surface area contributed by atoms with Gasteiger partial charge in [-0.3, -0.25) is 9.59 Å². The van der Waals surface area contributed by atoms with E-state index in [1.54, 1.807) is 30.3 Å². The van der Waals surface area contributed by atoms with Crippen molar-refractivity contribution in [2.24, 2.45) is 5.92 Å². The minimum atomic E-state index is -4.61. The molecular weight excluding hydrogens is 345 g/mol. The predicted octanol–water partition coefficient (Wildman–Crippen LogP) is 2.84. The highest BCUT2D eigenvalue weighted by Crippen LogP contribution is 2.31. The van der Waals surface area contributed by atoms with Gasteiger partial charge in [-0.25, -0.2) is 4.98 Å². The number of benzene rings is 1. The zero-order valence-corrected chi connectivity index (χ0v) is 13.0. The number of alkyl halides is 3. The van der Waals surface area contributed by atoms with Crippen molar-refractivity contribution >= 4 is 23.2 Å². The van der Waals surface area contributed by atoms with Gasteiger partial charge in [0, 0.05) is 11.9 Å². The van der Waals surface area contributed by atoms with E-state index in [0.717, 1.165) is 10.9 Å². The average Bonchev–Trinajstić information content (AvgIpc) is 3.02. The first-order valence-electron chi connectivity index (χ1n) is 6.85. The van der Waals surface area contributed by atoms with E-state index in [-0.39, 0.29) is 18.7 Å². The number of rotatable bonds is 6. The van der Waals surface area contributed by atoms with Crippen LogP contribution in [0.3, 0.4) is 0 Å². The van der Waals surface area contributed by atoms with E-state index >= 15 is 0 Å². The Kier molecular flexibility index (Phi) is 5.55. The van der Waals surface area contributed by atoms with Gasteiger partial charge in [-0.1, -0.05) is 30.3 Å². The fourth-order valence-corrected chi connectivity index (χ4v) is 2.63. The summed E-state index contributed by atoms with van der Waals surface area (Å²) in [5.41, 5.74) is 0.406. The van der Waals surface area contributed by atoms with Crippen molar-refractivity contribution in [3.05, 3.63) is 52.0 Å². The van der Waals surface area contributed by atoms with Crippen molar-refractivity contribution in [3.63, 3.8) is 0 Å². The topological polar surface area (TPSA) is 79.3 Å². The number of carboxylic acids is 1. The quantitative estimate of drug-likeness (QED) is 0.832. The summed E-state index contributed by atoms with van der Waals surface area (Å²) in [6.45, 7) is -0.206. The third-order valence-electron chi connectivity index (χ3n) is 3.16. The summed E-state index contributed by atoms with van der Waals surface area (Å²) >= 11 is 0.315. The molecule has 24 heavy (non-hydrogen) atoms. The summed E-state index contributed by atoms with van der Waals surface area (Å²) in [4.78, 5) is 26.3. The van der Waals surface area contributed by atoms with Gasteiger partial charge >= 0.3 is 12.1 Å². The van der Waals surface area contributed by atoms with Gasteiger partial charge in [0.05, 0.1) is 5.92 Å². The molecule has 1 heterocycles. The molecule has 1 aromatic heterocycles. The summed E-state index contributed by atoms with van der Waals surface area (Å²) in [6, 6.07) is 8.84. The summed E-state index contributed by atoms with van der Waals surface area (Å²) in [5.74, 6) is -2.83. The van der Waals surface area contributed by atoms with Crippen LogP contribution in [0, 0.1) is 5.92 Å². The SMILES string of the molecule is O=C(NCC(Cc1ccccc1)C(=O)O)c1csc(C(F)(F)F)n1. The molecule has 0 aliphatic rings. The molecular formula is C15H13F3N2O3S. The van der Waals surface area contributed by atoms with Crippen molar-refractivity contribution < 1.29 is 27.9 Å². The molecule has 2 aromatic rings. The molecule has 0 saturated heterocycles. The maximum Gasteiger partial charge on any atom is 0.443 e. The van der Waals surface area contributed by atoms with E-state index in [1.165, 1.54) is 0 Å². The van der Waals surface area contributed by atoms with Gasteiger partial charge in [-0.2, -0.15) is 13.2 Å². The van der Waals surface area contributed by atoms with Crippen molar-refractivity contribution in [1.82, 2.24) is 10.3 Å². The van der Waals surface area contributed by atoms with E-state index in [1.807, 2.05) is 0 Å². The maximum atomic E-state index is 12.5. The van der Waals surface area contributed by atoms with E-state index in [9.17, 15) is 27.9 Å². The minimum Gasteiger partial charge on any atom is -0.481 e. The molecule has 2 rings (SSSR count). The van der Waals surface area contributed by atoms with E-state index in [0.29, 0.717) is 11.3 Å². The predicted molar refractivity (Wildman–Crippen MR) is 80.7 cm³/mol. The van der Waals surface area contributed by atoms with Crippen LogP contribution in [0.5, 0.6) is 0 Å². The Morgan fingerprint density at radius 1 is 1.25 bits per heavy atom. The van der Waals surface area contributed by atoms with Gasteiger partial charge in [0.2, 0.25) is 0 Å². The first-order valence-corrected chi connectivity index (χ1v) is 7.73. The third-order valence-corrected chi connectivity index (χ3v) is 4.05. The molecule has 1 amide bonds. The molecule has 0 radical (unpaired) electrons. The Balaban J connectivity index is 1.97. The largest absolute Gasteiger partial charge is 0.481 e. The number of nitrogens with zero attached hydrogens (tertiary/aromatic N) is 1. The second kappa shape index (κ2) is 7.43. The minimum absolute atomic E-state index is 0.196. The number of hydrogen-bond acceptors (Lipinski definition) is 4. The molecule has 2 N–H and O–H groups in total. The normalized spacial score (nSPS) is 12.6. The van der Waals surface area contributed by atoms with Gasteiger partial charge in [-0.05, 0) is 12.0 Å². The summed E-state index contributed by atoms with van der Waals surface area (Å²) < 4.78 is 37.4. The van der Waals surface area contributed by atoms with Crippen LogP contribution >= 0.6 is 11.3 Å². The van der Waals surface area contributed by atoms with Crippen LogP contribution in [0.15, 0.2) is 35.7 Å². The van der Waals surface area contributed by atoms with Crippen LogP contribution in [0.2, 0.25) is 0 Å². The number of aromatic nitrogens is 1. The van der Waals surface area contributed by atoms with Gasteiger partial charge in [-0.15, -0.1) is 11.3 Å². The lowest BCUT2D eigenvalue weighted by atomic mass is 9.99. The highest BCUT2D eigenvalue weighted by atomic mass is 32.1. The van der Waals surface area contributed by atoms with Crippen LogP contribution in [0.4, 0.5) is 13.2 Å². The van der Waals surface area contributed by atoms with Crippen molar-refractivity contribution in [1.29, 1.82) is 0 Å². The molecule has 128 valence electrons. The Hall–Kier alpha value is -2.42. The number of carbonyl (C=O) groups excluding carboxylic acids is 1. The average molecular weight is 358 g/mol. The standard InChI is InChI=1S/C15H13F3N2O3S/c16-15(17,18)14-20-11(8-24-14)12(21)19-7-10(13(22)23)6-9-4-2-1-3-5-9/h1-5,8,10H,6-7H2,(H,19,21)(H,22,23). The third kappa shape index (κ3) is 4.79. The van der Waals surface area contributed by atoms with Gasteiger partial charge in [0.1, 0.15) is 5.69 Å². The molecule has 1 atom stereocenters. The number of halogens is 3. The molecule has 9 heteroatoms. The monoisotopic (exact) mass is 358 g/mol. The van der Waals surface area contributed by atoms with E-state index in [4.69, 9.17) is 0 Å². The lowest BCUT2D eigenvalue weighted by Gasteiger charge is -2.13. The summed E-state index contributed by atoms with van der Waals surface area (Å²) in [7, 11) is 0. The fraction of sp³-hybridized carbons (Fsp3) is 0.267. The lowest BCUT2D eigenvalue weighted by molar-refractivity contribution is -0.141. The van der Waals surface area contributed by atoms with Crippen LogP contribution in [0.25, 0.3) is 0 Å². The van der Waals surface area contributed by atoms with Gasteiger partial charge in [0.15, 0.2) is 5.01 Å². The Bertz CT molecular complexity index is 716. The van der Waals surface area contributed by atoms with E-state index < -0.39 is 29.0 Å². The van der Waals surface area contributed by atoms with Crippen molar-refractivity contribution in [3.8, 4) is 0 Å². The van der Waals surface area contributed by atoms with Gasteiger partial charge in [0.25, 0.3) is 5.91 Å². The van der Waals surface area contributed by atoms with Crippen LogP contribution in [0.1, 0.15) is 21.1 Å². The molecule has 0 saturated carbocycles. The number of aliphatic carboxylic acids is 1. The molecule has 0 aliphatic carbocycles. The Morgan fingerprint density at radius 3 is 2.46 bits per heavy atom. The second-order valence-corrected chi connectivity index (χ2v) is 5.83. The first-order chi connectivity index (χ1) is 11.3. The molecule has 5 nitrogen and oxygen atoms in total. The van der Waals surface area contributed by atoms with Crippen LogP contribution in [-0.2, 0) is 17.4 Å². The Labute approximate surface area is 139 Å². The molecule has 0 aliphatic heterocycles. The Morgan fingerprint density at radius 2 is 1.92 bits per heavy atom. The van der Waals surface area contributed by atoms with Gasteiger partial charge < -0.3 is 10.4 Å². The lowest BCUT2D eigenvalue weighted by Crippen LogP contribution is -2.34. The molecule has 1 aromatic carbocycles. The number of thiazole rings is 1. The molecule has 1 unspecified atom stereocenters. The number of hydrogen-bond donors (Lipinski definition) is 2. The second-order valence-electron chi connectivity index (χ2n) is 4.97. The first kappa shape index (κ1) is 17.9. The van der Waals surface area contributed by atoms with Crippen molar-refractivity contribution in [2.75, 3.05) is 6.54 Å². The fourth-order valence-electron chi connectivity index (χ4n) is 1.96. The molecule has 0 fully saturated rings. The summed E-state index contributed by atoms with van der Waals surface area (Å²) in [6.07, 6.45) is -4.42.